The van der Waals surface area contributed by atoms with Crippen molar-refractivity contribution in [2.24, 2.45) is 0 Å². The second-order valence-corrected chi connectivity index (χ2v) is 2.57. The third-order valence-corrected chi connectivity index (χ3v) is 1.64. The highest BCUT2D eigenvalue weighted by molar-refractivity contribution is 5.97. The summed E-state index contributed by atoms with van der Waals surface area (Å²) in [6.07, 6.45) is 1.49. The van der Waals surface area contributed by atoms with Gasteiger partial charge in [0.25, 0.3) is 0 Å². The Kier molecular flexibility index (Phi) is 7.17. The Hall–Kier alpha value is -2.08. The maximum Gasteiger partial charge on any atom is 0.348 e. The summed E-state index contributed by atoms with van der Waals surface area (Å²) >= 11 is 0. The van der Waals surface area contributed by atoms with Gasteiger partial charge in [-0.1, -0.05) is 44.2 Å². The van der Waals surface area contributed by atoms with Crippen LogP contribution in [0.1, 0.15) is 19.4 Å². The fourth-order valence-corrected chi connectivity index (χ4v) is 0.963. The van der Waals surface area contributed by atoms with Crippen molar-refractivity contribution in [3.05, 3.63) is 41.5 Å². The minimum atomic E-state index is -0.614. The van der Waals surface area contributed by atoms with Crippen molar-refractivity contribution in [1.82, 2.24) is 0 Å². The van der Waals surface area contributed by atoms with Crippen LogP contribution >= 0.6 is 0 Å². The molecular weight excluding hydrogens is 202 g/mol. The minimum Gasteiger partial charge on any atom is -0.465 e. The van der Waals surface area contributed by atoms with E-state index in [1.165, 1.54) is 13.2 Å². The van der Waals surface area contributed by atoms with Gasteiger partial charge in [0, 0.05) is 0 Å². The number of hydrogen-bond acceptors (Lipinski definition) is 3. The SMILES string of the molecule is CC.COC(=O)/C(C#N)=C\c1ccccc1. The molecule has 0 N–H and O–H groups in total. The Morgan fingerprint density at radius 2 is 1.88 bits per heavy atom. The summed E-state index contributed by atoms with van der Waals surface area (Å²) < 4.78 is 4.45. The average molecular weight is 217 g/mol. The quantitative estimate of drug-likeness (QED) is 0.435. The standard InChI is InChI=1S/C11H9NO2.C2H6/c1-14-11(13)10(8-12)7-9-5-3-2-4-6-9;1-2/h2-7H,1H3;1-2H3/b10-7-;. The number of esters is 1. The monoisotopic (exact) mass is 217 g/mol. The Bertz CT molecular complexity index is 388. The molecule has 0 bridgehead atoms. The van der Waals surface area contributed by atoms with Gasteiger partial charge in [-0.05, 0) is 11.6 Å². The number of carbonyl (C=O) groups is 1. The van der Waals surface area contributed by atoms with Crippen molar-refractivity contribution in [2.75, 3.05) is 7.11 Å². The number of rotatable bonds is 2. The number of carbonyl (C=O) groups excluding carboxylic acids is 1. The van der Waals surface area contributed by atoms with E-state index in [0.717, 1.165) is 5.56 Å². The van der Waals surface area contributed by atoms with Crippen molar-refractivity contribution in [3.63, 3.8) is 0 Å². The van der Waals surface area contributed by atoms with Gasteiger partial charge in [-0.15, -0.1) is 0 Å². The number of hydrogen-bond donors (Lipinski definition) is 0. The lowest BCUT2D eigenvalue weighted by Crippen LogP contribution is -2.02. The zero-order chi connectivity index (χ0) is 12.4. The summed E-state index contributed by atoms with van der Waals surface area (Å²) in [5.41, 5.74) is 0.799. The van der Waals surface area contributed by atoms with Crippen molar-refractivity contribution in [3.8, 4) is 6.07 Å². The van der Waals surface area contributed by atoms with E-state index in [-0.39, 0.29) is 5.57 Å². The Morgan fingerprint density at radius 1 is 1.31 bits per heavy atom. The molecule has 0 amide bonds. The van der Waals surface area contributed by atoms with Gasteiger partial charge in [0.2, 0.25) is 0 Å². The van der Waals surface area contributed by atoms with Crippen molar-refractivity contribution in [2.45, 2.75) is 13.8 Å². The van der Waals surface area contributed by atoms with E-state index in [1.807, 2.05) is 32.0 Å². The number of methoxy groups -OCH3 is 1. The van der Waals surface area contributed by atoms with Crippen LogP contribution in [0.25, 0.3) is 6.08 Å². The Morgan fingerprint density at radius 3 is 2.31 bits per heavy atom. The topological polar surface area (TPSA) is 50.1 Å². The largest absolute Gasteiger partial charge is 0.465 e. The maximum absolute atomic E-state index is 11.0. The van der Waals surface area contributed by atoms with Crippen LogP contribution in [0.3, 0.4) is 0 Å². The second-order valence-electron chi connectivity index (χ2n) is 2.57. The highest BCUT2D eigenvalue weighted by atomic mass is 16.5. The first-order valence-electron chi connectivity index (χ1n) is 5.03. The van der Waals surface area contributed by atoms with Crippen LogP contribution in [0.2, 0.25) is 0 Å². The van der Waals surface area contributed by atoms with Crippen LogP contribution < -0.4 is 0 Å². The van der Waals surface area contributed by atoms with Gasteiger partial charge in [0.05, 0.1) is 7.11 Å². The molecule has 0 aliphatic carbocycles. The van der Waals surface area contributed by atoms with Crippen LogP contribution in [0, 0.1) is 11.3 Å². The second kappa shape index (κ2) is 8.25. The molecule has 3 nitrogen and oxygen atoms in total. The number of nitrogens with zero attached hydrogens (tertiary/aromatic N) is 1. The normalized spacial score (nSPS) is 9.50. The van der Waals surface area contributed by atoms with Gasteiger partial charge >= 0.3 is 5.97 Å². The lowest BCUT2D eigenvalue weighted by Gasteiger charge is -1.96. The molecule has 0 saturated heterocycles. The minimum absolute atomic E-state index is 0.00120. The summed E-state index contributed by atoms with van der Waals surface area (Å²) in [6, 6.07) is 10.9. The first-order valence-corrected chi connectivity index (χ1v) is 5.03. The Labute approximate surface area is 96.0 Å². The molecular formula is C13H15NO2. The van der Waals surface area contributed by atoms with Crippen LogP contribution in [0.5, 0.6) is 0 Å². The zero-order valence-corrected chi connectivity index (χ0v) is 9.73. The van der Waals surface area contributed by atoms with Gasteiger partial charge in [-0.3, -0.25) is 0 Å². The first kappa shape index (κ1) is 13.9. The molecule has 84 valence electrons. The van der Waals surface area contributed by atoms with E-state index in [0.29, 0.717) is 0 Å². The van der Waals surface area contributed by atoms with E-state index in [4.69, 9.17) is 5.26 Å². The highest BCUT2D eigenvalue weighted by Crippen LogP contribution is 2.06. The molecule has 1 aromatic carbocycles. The molecule has 0 aliphatic heterocycles. The van der Waals surface area contributed by atoms with Gasteiger partial charge in [0.15, 0.2) is 0 Å². The molecule has 0 radical (unpaired) electrons. The van der Waals surface area contributed by atoms with Crippen molar-refractivity contribution < 1.29 is 9.53 Å². The maximum atomic E-state index is 11.0. The molecule has 1 aromatic rings. The van der Waals surface area contributed by atoms with Crippen LogP contribution in [0.15, 0.2) is 35.9 Å². The zero-order valence-electron chi connectivity index (χ0n) is 9.73. The smallest absolute Gasteiger partial charge is 0.348 e. The van der Waals surface area contributed by atoms with Crippen LogP contribution in [0.4, 0.5) is 0 Å². The van der Waals surface area contributed by atoms with Crippen LogP contribution in [-0.4, -0.2) is 13.1 Å². The lowest BCUT2D eigenvalue weighted by molar-refractivity contribution is -0.135. The average Bonchev–Trinajstić information content (AvgIpc) is 2.38. The summed E-state index contributed by atoms with van der Waals surface area (Å²) in [7, 11) is 1.25. The molecule has 0 fully saturated rings. The van der Waals surface area contributed by atoms with Crippen LogP contribution in [-0.2, 0) is 9.53 Å². The first-order chi connectivity index (χ1) is 7.77. The van der Waals surface area contributed by atoms with Gasteiger partial charge in [-0.25, -0.2) is 4.79 Å². The molecule has 0 spiro atoms. The lowest BCUT2D eigenvalue weighted by atomic mass is 10.1. The number of nitriles is 1. The molecule has 0 aromatic heterocycles. The molecule has 0 saturated carbocycles. The van der Waals surface area contributed by atoms with E-state index in [2.05, 4.69) is 4.74 Å². The number of benzene rings is 1. The summed E-state index contributed by atoms with van der Waals surface area (Å²) in [5.74, 6) is -0.614. The molecule has 0 aliphatic rings. The fraction of sp³-hybridized carbons (Fsp3) is 0.231. The van der Waals surface area contributed by atoms with E-state index in [9.17, 15) is 4.79 Å². The fourth-order valence-electron chi connectivity index (χ4n) is 0.963. The van der Waals surface area contributed by atoms with Crippen molar-refractivity contribution >= 4 is 12.0 Å². The molecule has 0 heterocycles. The van der Waals surface area contributed by atoms with Gasteiger partial charge in [-0.2, -0.15) is 5.26 Å². The van der Waals surface area contributed by atoms with E-state index < -0.39 is 5.97 Å². The summed E-state index contributed by atoms with van der Waals surface area (Å²) in [5, 5.41) is 8.67. The molecule has 1 rings (SSSR count). The van der Waals surface area contributed by atoms with Crippen molar-refractivity contribution in [1.29, 1.82) is 5.26 Å². The summed E-state index contributed by atoms with van der Waals surface area (Å²) in [4.78, 5) is 11.0. The van der Waals surface area contributed by atoms with Gasteiger partial charge in [0.1, 0.15) is 11.6 Å². The van der Waals surface area contributed by atoms with Gasteiger partial charge < -0.3 is 4.74 Å². The highest BCUT2D eigenvalue weighted by Gasteiger charge is 2.07. The third kappa shape index (κ3) is 4.43. The van der Waals surface area contributed by atoms with E-state index >= 15 is 0 Å². The molecule has 0 atom stereocenters. The summed E-state index contributed by atoms with van der Waals surface area (Å²) in [6.45, 7) is 4.00. The molecule has 0 unspecified atom stereocenters. The predicted molar refractivity (Wildman–Crippen MR) is 63.4 cm³/mol. The molecule has 16 heavy (non-hydrogen) atoms. The Balaban J connectivity index is 0.00000106. The van der Waals surface area contributed by atoms with E-state index in [1.54, 1.807) is 18.2 Å². The molecule has 3 heteroatoms. The third-order valence-electron chi connectivity index (χ3n) is 1.64. The number of ether oxygens (including phenoxy) is 1. The predicted octanol–water partition coefficient (Wildman–Crippen LogP) is 2.79.